The molecule has 3 rings (SSSR count). The largest absolute Gasteiger partial charge is 0.418 e. The van der Waals surface area contributed by atoms with Crippen molar-refractivity contribution in [2.24, 2.45) is 0 Å². The van der Waals surface area contributed by atoms with Gasteiger partial charge in [0.25, 0.3) is 0 Å². The van der Waals surface area contributed by atoms with E-state index in [1.807, 2.05) is 25.9 Å². The molecule has 0 fully saturated rings. The second-order valence-electron chi connectivity index (χ2n) is 7.66. The van der Waals surface area contributed by atoms with Crippen LogP contribution in [0.25, 0.3) is 0 Å². The van der Waals surface area contributed by atoms with Crippen LogP contribution in [-0.2, 0) is 0 Å². The molecule has 2 N–H and O–H groups in total. The molecule has 1 unspecified atom stereocenters. The first-order chi connectivity index (χ1) is 16.6. The van der Waals surface area contributed by atoms with E-state index in [1.54, 1.807) is 6.07 Å². The van der Waals surface area contributed by atoms with Crippen molar-refractivity contribution in [3.05, 3.63) is 64.7 Å². The molecule has 35 heavy (non-hydrogen) atoms. The van der Waals surface area contributed by atoms with Crippen LogP contribution >= 0.6 is 0 Å². The van der Waals surface area contributed by atoms with Crippen LogP contribution in [0.5, 0.6) is 11.8 Å². The zero-order valence-corrected chi connectivity index (χ0v) is 19.0. The molecule has 0 spiro atoms. The molecule has 0 bridgehead atoms. The zero-order chi connectivity index (χ0) is 25.7. The number of rotatable bonds is 10. The maximum atomic E-state index is 14.1. The summed E-state index contributed by atoms with van der Waals surface area (Å²) in [5.41, 5.74) is 0.567. The van der Waals surface area contributed by atoms with Crippen LogP contribution in [0.3, 0.4) is 0 Å². The molecule has 2 aromatic carbocycles. The summed E-state index contributed by atoms with van der Waals surface area (Å²) in [7, 11) is 3.65. The first-order valence-electron chi connectivity index (χ1n) is 10.5. The fraction of sp³-hybridized carbons (Fsp3) is 0.318. The lowest BCUT2D eigenvalue weighted by Crippen LogP contribution is -2.22. The number of likely N-dealkylation sites (N-methyl/N-ethyl adjacent to an activating group) is 1. The summed E-state index contributed by atoms with van der Waals surface area (Å²) in [4.78, 5) is 13.8. The van der Waals surface area contributed by atoms with Crippen molar-refractivity contribution in [3.8, 4) is 11.8 Å². The summed E-state index contributed by atoms with van der Waals surface area (Å²) in [6.45, 7) is 2.72. The standard InChI is InChI=1S/C22H22F6N6O/c1-4-13(11-6-5-7-12(23)10-11)30-21-31-20(29-8-9-34(2)3)32-22(33-21)35-19-17(27)15(25)14(24)16(26)18(19)28/h5-7,10,13H,4,8-9H2,1-3H3,(H2,29,30,31,32,33). The number of ether oxygens (including phenoxy) is 1. The summed E-state index contributed by atoms with van der Waals surface area (Å²) in [5, 5.41) is 5.81. The molecule has 7 nitrogen and oxygen atoms in total. The Hall–Kier alpha value is -3.61. The molecular weight excluding hydrogens is 478 g/mol. The highest BCUT2D eigenvalue weighted by Crippen LogP contribution is 2.32. The van der Waals surface area contributed by atoms with Crippen LogP contribution in [0.4, 0.5) is 38.2 Å². The molecule has 3 aromatic rings. The highest BCUT2D eigenvalue weighted by molar-refractivity contribution is 5.40. The Morgan fingerprint density at radius 2 is 1.51 bits per heavy atom. The van der Waals surface area contributed by atoms with Crippen molar-refractivity contribution in [2.45, 2.75) is 19.4 Å². The highest BCUT2D eigenvalue weighted by atomic mass is 19.2. The lowest BCUT2D eigenvalue weighted by atomic mass is 10.0. The molecule has 13 heteroatoms. The van der Waals surface area contributed by atoms with E-state index in [0.717, 1.165) is 0 Å². The smallest absolute Gasteiger partial charge is 0.328 e. The van der Waals surface area contributed by atoms with E-state index < -0.39 is 52.7 Å². The molecule has 188 valence electrons. The van der Waals surface area contributed by atoms with Gasteiger partial charge in [0, 0.05) is 13.1 Å². The van der Waals surface area contributed by atoms with E-state index in [1.165, 1.54) is 18.2 Å². The molecule has 0 aliphatic carbocycles. The molecule has 0 aliphatic heterocycles. The molecule has 0 amide bonds. The van der Waals surface area contributed by atoms with Crippen LogP contribution in [0.2, 0.25) is 0 Å². The van der Waals surface area contributed by atoms with Gasteiger partial charge in [0.1, 0.15) is 5.82 Å². The Kier molecular flexibility index (Phi) is 8.33. The maximum Gasteiger partial charge on any atom is 0.328 e. The Balaban J connectivity index is 1.98. The van der Waals surface area contributed by atoms with Gasteiger partial charge in [-0.25, -0.2) is 17.6 Å². The number of hydrogen-bond acceptors (Lipinski definition) is 7. The van der Waals surface area contributed by atoms with Crippen LogP contribution in [0.1, 0.15) is 24.9 Å². The fourth-order valence-electron chi connectivity index (χ4n) is 3.00. The Morgan fingerprint density at radius 1 is 0.886 bits per heavy atom. The zero-order valence-electron chi connectivity index (χ0n) is 19.0. The Labute approximate surface area is 197 Å². The van der Waals surface area contributed by atoms with Gasteiger partial charge in [0.05, 0.1) is 6.04 Å². The van der Waals surface area contributed by atoms with Crippen LogP contribution in [0.15, 0.2) is 24.3 Å². The molecule has 0 aliphatic rings. The van der Waals surface area contributed by atoms with Crippen molar-refractivity contribution in [1.29, 1.82) is 0 Å². The predicted octanol–water partition coefficient (Wildman–Crippen LogP) is 5.04. The van der Waals surface area contributed by atoms with Crippen molar-refractivity contribution >= 4 is 11.9 Å². The first kappa shape index (κ1) is 26.0. The van der Waals surface area contributed by atoms with Gasteiger partial charge in [-0.2, -0.15) is 23.7 Å². The Morgan fingerprint density at radius 3 is 2.11 bits per heavy atom. The number of nitrogens with one attached hydrogen (secondary N) is 2. The molecule has 1 aromatic heterocycles. The quantitative estimate of drug-likeness (QED) is 0.230. The summed E-state index contributed by atoms with van der Waals surface area (Å²) < 4.78 is 87.4. The number of halogens is 6. The van der Waals surface area contributed by atoms with Gasteiger partial charge in [-0.15, -0.1) is 0 Å². The van der Waals surface area contributed by atoms with E-state index >= 15 is 0 Å². The number of nitrogens with zero attached hydrogens (tertiary/aromatic N) is 4. The molecule has 0 radical (unpaired) electrons. The summed E-state index contributed by atoms with van der Waals surface area (Å²) >= 11 is 0. The predicted molar refractivity (Wildman–Crippen MR) is 116 cm³/mol. The van der Waals surface area contributed by atoms with Crippen molar-refractivity contribution < 1.29 is 31.1 Å². The van der Waals surface area contributed by atoms with Crippen LogP contribution in [-0.4, -0.2) is 47.0 Å². The van der Waals surface area contributed by atoms with Crippen molar-refractivity contribution in [3.63, 3.8) is 0 Å². The first-order valence-corrected chi connectivity index (χ1v) is 10.5. The minimum Gasteiger partial charge on any atom is -0.418 e. The van der Waals surface area contributed by atoms with E-state index in [0.29, 0.717) is 25.1 Å². The lowest BCUT2D eigenvalue weighted by Gasteiger charge is -2.18. The number of benzene rings is 2. The topological polar surface area (TPSA) is 75.2 Å². The second kappa shape index (κ2) is 11.2. The monoisotopic (exact) mass is 500 g/mol. The van der Waals surface area contributed by atoms with Gasteiger partial charge in [-0.3, -0.25) is 0 Å². The maximum absolute atomic E-state index is 14.1. The molecule has 0 saturated heterocycles. The van der Waals surface area contributed by atoms with Crippen molar-refractivity contribution in [2.75, 3.05) is 37.8 Å². The average molecular weight is 500 g/mol. The molecular formula is C22H22F6N6O. The van der Waals surface area contributed by atoms with Gasteiger partial charge in [0.2, 0.25) is 46.7 Å². The van der Waals surface area contributed by atoms with Gasteiger partial charge >= 0.3 is 6.01 Å². The Bertz CT molecular complexity index is 1170. The minimum atomic E-state index is -2.32. The van der Waals surface area contributed by atoms with Gasteiger partial charge in [0.15, 0.2) is 0 Å². The lowest BCUT2D eigenvalue weighted by molar-refractivity contribution is 0.322. The number of anilines is 2. The number of aromatic nitrogens is 3. The molecule has 1 atom stereocenters. The van der Waals surface area contributed by atoms with E-state index in [4.69, 9.17) is 4.74 Å². The normalized spacial score (nSPS) is 12.1. The molecule has 0 saturated carbocycles. The summed E-state index contributed by atoms with van der Waals surface area (Å²) in [5.74, 6) is -13.3. The average Bonchev–Trinajstić information content (AvgIpc) is 2.82. The third-order valence-electron chi connectivity index (χ3n) is 4.78. The van der Waals surface area contributed by atoms with E-state index in [9.17, 15) is 26.3 Å². The number of hydrogen-bond donors (Lipinski definition) is 2. The molecule has 1 heterocycles. The van der Waals surface area contributed by atoms with Gasteiger partial charge in [-0.1, -0.05) is 19.1 Å². The third-order valence-corrected chi connectivity index (χ3v) is 4.78. The SMILES string of the molecule is CCC(Nc1nc(NCCN(C)C)nc(Oc2c(F)c(F)c(F)c(F)c2F)n1)c1cccc(F)c1. The van der Waals surface area contributed by atoms with E-state index in [-0.39, 0.29) is 11.9 Å². The van der Waals surface area contributed by atoms with E-state index in [2.05, 4.69) is 25.6 Å². The van der Waals surface area contributed by atoms with Gasteiger partial charge < -0.3 is 20.3 Å². The van der Waals surface area contributed by atoms with Crippen LogP contribution in [0, 0.1) is 34.9 Å². The van der Waals surface area contributed by atoms with Gasteiger partial charge in [-0.05, 0) is 38.2 Å². The summed E-state index contributed by atoms with van der Waals surface area (Å²) in [6.07, 6.45) is 0.465. The highest BCUT2D eigenvalue weighted by Gasteiger charge is 2.28. The summed E-state index contributed by atoms with van der Waals surface area (Å²) in [6, 6.07) is 4.58. The van der Waals surface area contributed by atoms with Crippen LogP contribution < -0.4 is 15.4 Å². The second-order valence-corrected chi connectivity index (χ2v) is 7.66. The van der Waals surface area contributed by atoms with Crippen molar-refractivity contribution in [1.82, 2.24) is 19.9 Å². The third kappa shape index (κ3) is 6.29. The fourth-order valence-corrected chi connectivity index (χ4v) is 3.00. The minimum absolute atomic E-state index is 0.0858.